The van der Waals surface area contributed by atoms with Gasteiger partial charge in [0.1, 0.15) is 41.5 Å². The van der Waals surface area contributed by atoms with E-state index in [1.165, 1.54) is 158 Å². The average molecular weight is 1590 g/mol. The number of amides is 4. The number of phenolic OH excluding ortho intramolecular Hbond substituents is 20. The Labute approximate surface area is 653 Å². The molecule has 0 aliphatic heterocycles. The number of rotatable bonds is 26. The Morgan fingerprint density at radius 3 is 1.11 bits per heavy atom. The van der Waals surface area contributed by atoms with Crippen molar-refractivity contribution in [3.63, 3.8) is 0 Å². The van der Waals surface area contributed by atoms with Crippen LogP contribution >= 0.6 is 0 Å². The van der Waals surface area contributed by atoms with Crippen LogP contribution in [0.15, 0.2) is 206 Å². The molecule has 26 N–H and O–H groups in total. The molecule has 0 radical (unpaired) electrons. The van der Waals surface area contributed by atoms with Gasteiger partial charge in [-0.05, 0) is 187 Å². The summed E-state index contributed by atoms with van der Waals surface area (Å²) in [5.74, 6) is -5.08. The van der Waals surface area contributed by atoms with E-state index in [-0.39, 0.29) is 177 Å². The predicted octanol–water partition coefficient (Wildman–Crippen LogP) is 9.12. The van der Waals surface area contributed by atoms with E-state index in [0.717, 1.165) is 16.7 Å². The number of hydrogen-bond acceptors (Lipinski definition) is 30. The molecule has 0 heterocycles. The maximum Gasteiger partial charge on any atom is 0.262 e. The SMILES string of the molecule is O=C(CCc1ccc(O)c(O)c1)NCCc1ccc(O)c(O)c1.O=C(COc1ccc(O)c(O)c1)NCc1ccc(O)c(O)c1.O=C(COc1ccc(O)c(O)c1)Nc1ccc(O)c(O)c1.O=C(Nc1ccc(Oc2ccc(O)c(O)c2)cc1)c1ccc(O)c(O)c1.Oc1ccc(CNCC(O)COc2ccc(O)c(O)c2)cc1O. The van der Waals surface area contributed by atoms with Gasteiger partial charge in [-0.15, -0.1) is 0 Å². The zero-order valence-corrected chi connectivity index (χ0v) is 60.4. The van der Waals surface area contributed by atoms with Gasteiger partial charge >= 0.3 is 0 Å². The number of hydrogen-bond donors (Lipinski definition) is 26. The lowest BCUT2D eigenvalue weighted by atomic mass is 10.1. The van der Waals surface area contributed by atoms with Crippen LogP contribution in [0.2, 0.25) is 0 Å². The molecule has 4 amide bonds. The van der Waals surface area contributed by atoms with Crippen LogP contribution in [0, 0.1) is 0 Å². The van der Waals surface area contributed by atoms with Gasteiger partial charge in [-0.2, -0.15) is 0 Å². The average Bonchev–Trinajstić information content (AvgIpc) is 0.843. The van der Waals surface area contributed by atoms with Crippen molar-refractivity contribution in [1.29, 1.82) is 0 Å². The Balaban J connectivity index is 0.000000199. The standard InChI is InChI=1S/C19H15NO6.C17H19NO5.C16H19NO6.C15H15NO6.C14H13NO6/c21-15-7-1-11(9-17(15)23)19(25)20-12-2-4-13(5-3-12)26-14-6-8-16(22)18(24)10-14;19-13-4-1-11(9-15(13)21)3-6-17(23)18-8-7-12-2-5-14(20)16(22)10-12;18-11(9-23-12-2-4-14(20)16(22)6-12)8-17-7-10-1-3-13(19)15(21)5-10;17-11-3-1-9(5-13(11)19)7-16-15(21)8-22-10-2-4-12(18)14(20)6-10;16-10-3-1-8(5-12(10)18)15-14(20)7-21-9-2-4-11(17)13(19)6-9/h1-10,21-24H,(H,20,25);1-2,4-5,9-10,19-22H,3,6-8H2,(H,18,23);1-6,11,17-22H,7-9H2;1-6,17-20H,7-8H2,(H,16,21);1-6,16-19H,7H2,(H,15,20). The maximum absolute atomic E-state index is 12.1. The number of phenols is 20. The Morgan fingerprint density at radius 1 is 0.296 bits per heavy atom. The van der Waals surface area contributed by atoms with Crippen molar-refractivity contribution < 1.29 is 145 Å². The lowest BCUT2D eigenvalue weighted by molar-refractivity contribution is -0.123. The van der Waals surface area contributed by atoms with E-state index in [0.29, 0.717) is 60.1 Å². The highest BCUT2D eigenvalue weighted by Gasteiger charge is 2.15. The number of anilines is 2. The smallest absolute Gasteiger partial charge is 0.262 e. The predicted molar refractivity (Wildman–Crippen MR) is 412 cm³/mol. The highest BCUT2D eigenvalue weighted by Crippen LogP contribution is 2.36. The number of nitrogens with one attached hydrogen (secondary N) is 5. The normalized spacial score (nSPS) is 10.6. The molecular formula is C81H81N5O29. The summed E-state index contributed by atoms with van der Waals surface area (Å²) in [7, 11) is 0. The summed E-state index contributed by atoms with van der Waals surface area (Å²) in [4.78, 5) is 47.2. The monoisotopic (exact) mass is 1590 g/mol. The lowest BCUT2D eigenvalue weighted by Gasteiger charge is -2.14. The minimum atomic E-state index is -0.781. The van der Waals surface area contributed by atoms with Gasteiger partial charge in [-0.3, -0.25) is 19.2 Å². The van der Waals surface area contributed by atoms with E-state index in [1.54, 1.807) is 48.5 Å². The van der Waals surface area contributed by atoms with Crippen LogP contribution in [0.4, 0.5) is 11.4 Å². The molecule has 0 saturated carbocycles. The first-order valence-electron chi connectivity index (χ1n) is 34.1. The van der Waals surface area contributed by atoms with Gasteiger partial charge in [0.05, 0.1) is 0 Å². The molecule has 34 heteroatoms. The summed E-state index contributed by atoms with van der Waals surface area (Å²) in [6.45, 7) is 0.662. The summed E-state index contributed by atoms with van der Waals surface area (Å²) in [6, 6.07) is 47.7. The number of benzene rings is 11. The lowest BCUT2D eigenvalue weighted by Crippen LogP contribution is -2.31. The Kier molecular flexibility index (Phi) is 32.0. The van der Waals surface area contributed by atoms with Gasteiger partial charge < -0.3 is 153 Å². The van der Waals surface area contributed by atoms with Gasteiger partial charge in [-0.25, -0.2) is 0 Å². The number of carbonyl (C=O) groups excluding carboxylic acids is 4. The molecule has 0 aliphatic carbocycles. The summed E-state index contributed by atoms with van der Waals surface area (Å²) in [6.07, 6.45) is 0.487. The molecule has 0 fully saturated rings. The molecule has 0 saturated heterocycles. The quantitative estimate of drug-likeness (QED) is 0.0177. The van der Waals surface area contributed by atoms with Crippen molar-refractivity contribution in [3.8, 4) is 144 Å². The number of carbonyl (C=O) groups is 4. The molecule has 11 aromatic rings. The second-order valence-corrected chi connectivity index (χ2v) is 24.5. The fraction of sp³-hybridized carbons (Fsp3) is 0.136. The fourth-order valence-electron chi connectivity index (χ4n) is 9.44. The van der Waals surface area contributed by atoms with Crippen molar-refractivity contribution in [2.45, 2.75) is 38.5 Å². The zero-order valence-electron chi connectivity index (χ0n) is 60.4. The molecule has 11 rings (SSSR count). The van der Waals surface area contributed by atoms with Gasteiger partial charge in [0.2, 0.25) is 5.91 Å². The van der Waals surface area contributed by atoms with Gasteiger partial charge in [-0.1, -0.05) is 24.3 Å². The molecule has 0 aromatic heterocycles. The van der Waals surface area contributed by atoms with Crippen LogP contribution in [-0.4, -0.2) is 170 Å². The number of ether oxygens (including phenoxy) is 4. The summed E-state index contributed by atoms with van der Waals surface area (Å²) in [5, 5.41) is 209. The Morgan fingerprint density at radius 2 is 0.652 bits per heavy atom. The molecule has 34 nitrogen and oxygen atoms in total. The molecule has 0 spiro atoms. The van der Waals surface area contributed by atoms with Crippen molar-refractivity contribution >= 4 is 35.0 Å². The van der Waals surface area contributed by atoms with Crippen LogP contribution in [0.5, 0.6) is 144 Å². The highest BCUT2D eigenvalue weighted by atomic mass is 16.5. The number of aliphatic hydroxyl groups excluding tert-OH is 1. The highest BCUT2D eigenvalue weighted by molar-refractivity contribution is 6.04. The Bertz CT molecular complexity index is 5070. The molecule has 604 valence electrons. The Hall–Kier alpha value is -15.6. The summed E-state index contributed by atoms with van der Waals surface area (Å²) < 4.78 is 21.1. The minimum absolute atomic E-state index is 0.0119. The first kappa shape index (κ1) is 86.7. The largest absolute Gasteiger partial charge is 0.504 e. The van der Waals surface area contributed by atoms with E-state index >= 15 is 0 Å². The first-order valence-corrected chi connectivity index (χ1v) is 34.1. The van der Waals surface area contributed by atoms with E-state index < -0.39 is 23.8 Å². The molecule has 11 aromatic carbocycles. The first-order chi connectivity index (χ1) is 54.7. The van der Waals surface area contributed by atoms with Crippen molar-refractivity contribution in [2.75, 3.05) is 43.5 Å². The number of aliphatic hydroxyl groups is 1. The molecule has 115 heavy (non-hydrogen) atoms. The molecule has 0 aliphatic rings. The molecule has 1 unspecified atom stereocenters. The van der Waals surface area contributed by atoms with E-state index in [9.17, 15) is 111 Å². The molecule has 1 atom stereocenters. The van der Waals surface area contributed by atoms with Gasteiger partial charge in [0.15, 0.2) is 128 Å². The zero-order chi connectivity index (χ0) is 83.8. The van der Waals surface area contributed by atoms with E-state index in [2.05, 4.69) is 26.6 Å². The second-order valence-electron chi connectivity index (χ2n) is 24.5. The molecular weight excluding hydrogens is 1510 g/mol. The van der Waals surface area contributed by atoms with Crippen molar-refractivity contribution in [3.05, 3.63) is 234 Å². The third-order valence-electron chi connectivity index (χ3n) is 15.5. The van der Waals surface area contributed by atoms with E-state index in [1.807, 2.05) is 0 Å². The van der Waals surface area contributed by atoms with Crippen LogP contribution in [0.1, 0.15) is 39.0 Å². The van der Waals surface area contributed by atoms with Crippen LogP contribution in [0.3, 0.4) is 0 Å². The van der Waals surface area contributed by atoms with Gasteiger partial charge in [0, 0.05) is 79.9 Å². The molecule has 0 bridgehead atoms. The van der Waals surface area contributed by atoms with Crippen LogP contribution < -0.4 is 45.5 Å². The van der Waals surface area contributed by atoms with Crippen molar-refractivity contribution in [2.24, 2.45) is 0 Å². The summed E-state index contributed by atoms with van der Waals surface area (Å²) >= 11 is 0. The second kappa shape index (κ2) is 42.4. The third-order valence-corrected chi connectivity index (χ3v) is 15.5. The topological polar surface area (TPSA) is 590 Å². The number of aryl methyl sites for hydroxylation is 1. The van der Waals surface area contributed by atoms with Crippen LogP contribution in [0.25, 0.3) is 0 Å². The van der Waals surface area contributed by atoms with E-state index in [4.69, 9.17) is 34.3 Å². The van der Waals surface area contributed by atoms with Gasteiger partial charge in [0.25, 0.3) is 17.7 Å². The minimum Gasteiger partial charge on any atom is -0.504 e. The number of aromatic hydroxyl groups is 20. The van der Waals surface area contributed by atoms with Crippen LogP contribution in [-0.2, 0) is 40.3 Å². The third kappa shape index (κ3) is 29.1. The van der Waals surface area contributed by atoms with Crippen molar-refractivity contribution in [1.82, 2.24) is 16.0 Å². The summed E-state index contributed by atoms with van der Waals surface area (Å²) in [5.41, 5.74) is 3.95. The fourth-order valence-corrected chi connectivity index (χ4v) is 9.44. The maximum atomic E-state index is 12.1.